The first kappa shape index (κ1) is 16.0. The summed E-state index contributed by atoms with van der Waals surface area (Å²) in [7, 11) is 0. The number of non-ortho nitro benzene ring substituents is 1. The molecule has 4 aromatic rings. The molecule has 5 heteroatoms. The molecule has 0 amide bonds. The number of fused-ring (bicyclic) bond motifs is 1. The maximum atomic E-state index is 11.0. The van der Waals surface area contributed by atoms with Gasteiger partial charge in [0.15, 0.2) is 0 Å². The molecule has 5 nitrogen and oxygen atoms in total. The van der Waals surface area contributed by atoms with Crippen LogP contribution in [-0.4, -0.2) is 14.5 Å². The fourth-order valence-electron chi connectivity index (χ4n) is 3.34. The molecule has 0 fully saturated rings. The second-order valence-electron chi connectivity index (χ2n) is 6.30. The topological polar surface area (TPSA) is 61.0 Å². The Hall–Kier alpha value is -3.47. The van der Waals surface area contributed by atoms with Crippen molar-refractivity contribution in [3.63, 3.8) is 0 Å². The monoisotopic (exact) mass is 343 g/mol. The van der Waals surface area contributed by atoms with E-state index >= 15 is 0 Å². The molecule has 128 valence electrons. The van der Waals surface area contributed by atoms with Crippen molar-refractivity contribution < 1.29 is 4.92 Å². The van der Waals surface area contributed by atoms with E-state index in [2.05, 4.69) is 30.5 Å². The predicted octanol–water partition coefficient (Wildman–Crippen LogP) is 5.22. The van der Waals surface area contributed by atoms with Gasteiger partial charge in [0.05, 0.1) is 21.6 Å². The average molecular weight is 343 g/mol. The van der Waals surface area contributed by atoms with E-state index in [1.165, 1.54) is 12.1 Å². The van der Waals surface area contributed by atoms with Gasteiger partial charge in [0, 0.05) is 17.7 Å². The van der Waals surface area contributed by atoms with Crippen molar-refractivity contribution in [1.29, 1.82) is 0 Å². The highest BCUT2D eigenvalue weighted by Gasteiger charge is 2.17. The maximum absolute atomic E-state index is 11.0. The molecule has 0 spiro atoms. The number of rotatable bonds is 3. The van der Waals surface area contributed by atoms with Gasteiger partial charge in [0.25, 0.3) is 5.69 Å². The summed E-state index contributed by atoms with van der Waals surface area (Å²) in [4.78, 5) is 15.4. The van der Waals surface area contributed by atoms with Gasteiger partial charge >= 0.3 is 0 Å². The number of nitro groups is 1. The predicted molar refractivity (Wildman–Crippen MR) is 103 cm³/mol. The molecule has 1 aromatic heterocycles. The van der Waals surface area contributed by atoms with Gasteiger partial charge in [-0.2, -0.15) is 0 Å². The van der Waals surface area contributed by atoms with Crippen molar-refractivity contribution in [2.45, 2.75) is 13.8 Å². The zero-order valence-corrected chi connectivity index (χ0v) is 14.5. The van der Waals surface area contributed by atoms with Gasteiger partial charge in [0.1, 0.15) is 5.82 Å². The van der Waals surface area contributed by atoms with Gasteiger partial charge in [-0.1, -0.05) is 30.3 Å². The molecule has 26 heavy (non-hydrogen) atoms. The summed E-state index contributed by atoms with van der Waals surface area (Å²) in [6.07, 6.45) is 0. The Kier molecular flexibility index (Phi) is 3.77. The lowest BCUT2D eigenvalue weighted by Crippen LogP contribution is -2.02. The molecule has 0 bridgehead atoms. The Morgan fingerprint density at radius 2 is 1.54 bits per heavy atom. The lowest BCUT2D eigenvalue weighted by molar-refractivity contribution is -0.384. The van der Waals surface area contributed by atoms with E-state index in [0.717, 1.165) is 39.2 Å². The number of hydrogen-bond donors (Lipinski definition) is 0. The van der Waals surface area contributed by atoms with Gasteiger partial charge in [-0.3, -0.25) is 14.7 Å². The van der Waals surface area contributed by atoms with Crippen LogP contribution in [0.5, 0.6) is 0 Å². The van der Waals surface area contributed by atoms with Gasteiger partial charge < -0.3 is 0 Å². The Morgan fingerprint density at radius 3 is 2.19 bits per heavy atom. The third-order valence-corrected chi connectivity index (χ3v) is 4.56. The van der Waals surface area contributed by atoms with Crippen LogP contribution >= 0.6 is 0 Å². The number of nitrogens with zero attached hydrogens (tertiary/aromatic N) is 3. The number of nitro benzene ring substituents is 1. The van der Waals surface area contributed by atoms with Crippen LogP contribution in [0, 0.1) is 24.0 Å². The molecular formula is C21H17N3O2. The second-order valence-corrected chi connectivity index (χ2v) is 6.30. The van der Waals surface area contributed by atoms with E-state index in [4.69, 9.17) is 4.98 Å². The summed E-state index contributed by atoms with van der Waals surface area (Å²) in [5.41, 5.74) is 6.21. The van der Waals surface area contributed by atoms with Gasteiger partial charge in [-0.25, -0.2) is 4.98 Å². The minimum Gasteiger partial charge on any atom is -0.292 e. The molecule has 0 unspecified atom stereocenters. The number of benzene rings is 3. The first-order valence-electron chi connectivity index (χ1n) is 8.35. The smallest absolute Gasteiger partial charge is 0.269 e. The van der Waals surface area contributed by atoms with Gasteiger partial charge in [-0.15, -0.1) is 0 Å². The van der Waals surface area contributed by atoms with Crippen LogP contribution in [0.3, 0.4) is 0 Å². The molecule has 3 aromatic carbocycles. The third kappa shape index (κ3) is 2.54. The third-order valence-electron chi connectivity index (χ3n) is 4.56. The minimum atomic E-state index is -0.391. The molecule has 0 aliphatic carbocycles. The zero-order chi connectivity index (χ0) is 18.3. The number of para-hydroxylation sites is 3. The Balaban J connectivity index is 2.03. The maximum Gasteiger partial charge on any atom is 0.269 e. The van der Waals surface area contributed by atoms with Crippen LogP contribution < -0.4 is 0 Å². The summed E-state index contributed by atoms with van der Waals surface area (Å²) in [6.45, 7) is 4.16. The van der Waals surface area contributed by atoms with Gasteiger partial charge in [-0.05, 0) is 49.2 Å². The lowest BCUT2D eigenvalue weighted by Gasteiger charge is -2.15. The molecule has 0 aliphatic heterocycles. The SMILES string of the molecule is Cc1cccc(C)c1-n1c(-c2ccc([N+](=O)[O-])cc2)nc2ccccc21. The fourth-order valence-corrected chi connectivity index (χ4v) is 3.34. The van der Waals surface area contributed by atoms with Gasteiger partial charge in [0.2, 0.25) is 0 Å². The normalized spacial score (nSPS) is 11.0. The summed E-state index contributed by atoms with van der Waals surface area (Å²) in [5, 5.41) is 11.0. The number of aromatic nitrogens is 2. The molecule has 0 radical (unpaired) electrons. The van der Waals surface area contributed by atoms with E-state index in [-0.39, 0.29) is 5.69 Å². The molecular weight excluding hydrogens is 326 g/mol. The Bertz CT molecular complexity index is 1110. The standard InChI is InChI=1S/C21H17N3O2/c1-14-6-5-7-15(2)20(14)23-19-9-4-3-8-18(19)22-21(23)16-10-12-17(13-11-16)24(25)26/h3-13H,1-2H3. The second kappa shape index (κ2) is 6.11. The molecule has 0 aliphatic rings. The number of aryl methyl sites for hydroxylation is 2. The van der Waals surface area contributed by atoms with E-state index in [0.29, 0.717) is 0 Å². The van der Waals surface area contributed by atoms with Crippen molar-refractivity contribution in [2.75, 3.05) is 0 Å². The first-order chi connectivity index (χ1) is 12.6. The average Bonchev–Trinajstić information content (AvgIpc) is 3.01. The molecule has 0 saturated heterocycles. The summed E-state index contributed by atoms with van der Waals surface area (Å²) < 4.78 is 2.14. The molecule has 1 heterocycles. The highest BCUT2D eigenvalue weighted by atomic mass is 16.6. The summed E-state index contributed by atoms with van der Waals surface area (Å²) in [5.74, 6) is 0.776. The van der Waals surface area contributed by atoms with Crippen LogP contribution in [0.2, 0.25) is 0 Å². The molecule has 0 atom stereocenters. The highest BCUT2D eigenvalue weighted by Crippen LogP contribution is 2.32. The van der Waals surface area contributed by atoms with Crippen molar-refractivity contribution in [2.24, 2.45) is 0 Å². The van der Waals surface area contributed by atoms with Crippen LogP contribution in [0.4, 0.5) is 5.69 Å². The largest absolute Gasteiger partial charge is 0.292 e. The fraction of sp³-hybridized carbons (Fsp3) is 0.0952. The Morgan fingerprint density at radius 1 is 0.885 bits per heavy atom. The van der Waals surface area contributed by atoms with E-state index in [1.807, 2.05) is 30.3 Å². The van der Waals surface area contributed by atoms with Crippen LogP contribution in [0.25, 0.3) is 28.1 Å². The number of hydrogen-bond acceptors (Lipinski definition) is 3. The molecule has 4 rings (SSSR count). The minimum absolute atomic E-state index is 0.0727. The van der Waals surface area contributed by atoms with E-state index in [9.17, 15) is 10.1 Å². The zero-order valence-electron chi connectivity index (χ0n) is 14.5. The first-order valence-corrected chi connectivity index (χ1v) is 8.35. The summed E-state index contributed by atoms with van der Waals surface area (Å²) >= 11 is 0. The summed E-state index contributed by atoms with van der Waals surface area (Å²) in [6, 6.07) is 20.7. The van der Waals surface area contributed by atoms with Crippen molar-refractivity contribution in [3.05, 3.63) is 88.0 Å². The van der Waals surface area contributed by atoms with Crippen molar-refractivity contribution >= 4 is 16.7 Å². The quantitative estimate of drug-likeness (QED) is 0.378. The van der Waals surface area contributed by atoms with Crippen molar-refractivity contribution in [1.82, 2.24) is 9.55 Å². The molecule has 0 saturated carbocycles. The van der Waals surface area contributed by atoms with Crippen LogP contribution in [0.15, 0.2) is 66.7 Å². The van der Waals surface area contributed by atoms with E-state index < -0.39 is 4.92 Å². The highest BCUT2D eigenvalue weighted by molar-refractivity contribution is 5.84. The number of imidazole rings is 1. The Labute approximate surface area is 150 Å². The lowest BCUT2D eigenvalue weighted by atomic mass is 10.1. The van der Waals surface area contributed by atoms with Crippen LogP contribution in [0.1, 0.15) is 11.1 Å². The van der Waals surface area contributed by atoms with E-state index in [1.54, 1.807) is 12.1 Å². The molecule has 0 N–H and O–H groups in total. The van der Waals surface area contributed by atoms with Crippen molar-refractivity contribution in [3.8, 4) is 17.1 Å². The van der Waals surface area contributed by atoms with Crippen LogP contribution in [-0.2, 0) is 0 Å².